The number of benzene rings is 3. The first-order valence-corrected chi connectivity index (χ1v) is 11.1. The Labute approximate surface area is 201 Å². The number of carboxylic acid groups (broad SMARTS) is 1. The number of carboxylic acids is 1. The number of fused-ring (bicyclic) bond motifs is 1. The van der Waals surface area contributed by atoms with Gasteiger partial charge in [0.1, 0.15) is 18.2 Å². The van der Waals surface area contributed by atoms with Crippen LogP contribution in [-0.4, -0.2) is 41.6 Å². The molecule has 0 saturated heterocycles. The van der Waals surface area contributed by atoms with Crippen LogP contribution in [0.4, 0.5) is 4.39 Å². The summed E-state index contributed by atoms with van der Waals surface area (Å²) in [6, 6.07) is 18.3. The molecule has 1 atom stereocenters. The zero-order valence-corrected chi connectivity index (χ0v) is 19.0. The molecular formula is C26H23ClFNO5. The van der Waals surface area contributed by atoms with Crippen LogP contribution in [0.5, 0.6) is 5.75 Å². The normalized spacial score (nSPS) is 15.0. The standard InChI is InChI=1S/C26H23ClFNO5/c27-18-9-10-23(34-16-25(31)32)21(13-18)26-20-7-4-8-22(28)19(20)11-12-29(26)24(30)15-33-14-17-5-2-1-3-6-17/h1-10,13,26H,11-12,14-16H2,(H,31,32). The Morgan fingerprint density at radius 3 is 2.59 bits per heavy atom. The van der Waals surface area contributed by atoms with Crippen molar-refractivity contribution in [1.29, 1.82) is 0 Å². The van der Waals surface area contributed by atoms with E-state index < -0.39 is 18.6 Å². The topological polar surface area (TPSA) is 76.1 Å². The number of ether oxygens (including phenoxy) is 2. The summed E-state index contributed by atoms with van der Waals surface area (Å²) in [7, 11) is 0. The van der Waals surface area contributed by atoms with Crippen LogP contribution in [0, 0.1) is 5.82 Å². The van der Waals surface area contributed by atoms with Gasteiger partial charge < -0.3 is 19.5 Å². The zero-order chi connectivity index (χ0) is 24.1. The van der Waals surface area contributed by atoms with Gasteiger partial charge in [-0.25, -0.2) is 9.18 Å². The van der Waals surface area contributed by atoms with Gasteiger partial charge in [0.2, 0.25) is 5.91 Å². The average Bonchev–Trinajstić information content (AvgIpc) is 2.83. The van der Waals surface area contributed by atoms with Gasteiger partial charge in [0, 0.05) is 17.1 Å². The van der Waals surface area contributed by atoms with Crippen LogP contribution >= 0.6 is 11.6 Å². The fourth-order valence-corrected chi connectivity index (χ4v) is 4.33. The first-order chi connectivity index (χ1) is 16.4. The van der Waals surface area contributed by atoms with Crippen molar-refractivity contribution in [2.45, 2.75) is 19.1 Å². The molecule has 1 unspecified atom stereocenters. The fourth-order valence-electron chi connectivity index (χ4n) is 4.15. The minimum atomic E-state index is -1.14. The van der Waals surface area contributed by atoms with Crippen LogP contribution in [0.1, 0.15) is 28.3 Å². The van der Waals surface area contributed by atoms with Crippen molar-refractivity contribution in [3.8, 4) is 5.75 Å². The third kappa shape index (κ3) is 5.38. The van der Waals surface area contributed by atoms with E-state index in [1.165, 1.54) is 6.07 Å². The largest absolute Gasteiger partial charge is 0.482 e. The molecule has 1 heterocycles. The monoisotopic (exact) mass is 483 g/mol. The SMILES string of the molecule is O=C(O)COc1ccc(Cl)cc1C1c2cccc(F)c2CCN1C(=O)COCc1ccccc1. The van der Waals surface area contributed by atoms with Gasteiger partial charge in [0.05, 0.1) is 12.6 Å². The number of halogens is 2. The first-order valence-electron chi connectivity index (χ1n) is 10.8. The predicted molar refractivity (Wildman–Crippen MR) is 124 cm³/mol. The summed E-state index contributed by atoms with van der Waals surface area (Å²) in [5.74, 6) is -1.51. The minimum Gasteiger partial charge on any atom is -0.482 e. The molecule has 1 aliphatic heterocycles. The van der Waals surface area contributed by atoms with E-state index in [0.29, 0.717) is 28.1 Å². The maximum Gasteiger partial charge on any atom is 0.341 e. The lowest BCUT2D eigenvalue weighted by molar-refractivity contribution is -0.140. The van der Waals surface area contributed by atoms with E-state index in [-0.39, 0.29) is 37.2 Å². The first kappa shape index (κ1) is 23.7. The van der Waals surface area contributed by atoms with Gasteiger partial charge in [-0.05, 0) is 47.4 Å². The van der Waals surface area contributed by atoms with Crippen molar-refractivity contribution in [2.24, 2.45) is 0 Å². The number of carbonyl (C=O) groups excluding carboxylic acids is 1. The van der Waals surface area contributed by atoms with Crippen LogP contribution in [0.15, 0.2) is 66.7 Å². The number of aliphatic carboxylic acids is 1. The average molecular weight is 484 g/mol. The van der Waals surface area contributed by atoms with Gasteiger partial charge in [-0.2, -0.15) is 0 Å². The highest BCUT2D eigenvalue weighted by Gasteiger charge is 2.35. The fraction of sp³-hybridized carbons (Fsp3) is 0.231. The van der Waals surface area contributed by atoms with E-state index >= 15 is 0 Å². The molecule has 1 N–H and O–H groups in total. The van der Waals surface area contributed by atoms with E-state index in [1.807, 2.05) is 30.3 Å². The van der Waals surface area contributed by atoms with E-state index in [2.05, 4.69) is 0 Å². The quantitative estimate of drug-likeness (QED) is 0.505. The van der Waals surface area contributed by atoms with E-state index in [4.69, 9.17) is 26.2 Å². The molecule has 6 nitrogen and oxygen atoms in total. The van der Waals surface area contributed by atoms with Crippen LogP contribution in [0.2, 0.25) is 5.02 Å². The molecule has 0 bridgehead atoms. The maximum absolute atomic E-state index is 14.6. The maximum atomic E-state index is 14.6. The molecule has 34 heavy (non-hydrogen) atoms. The second kappa shape index (κ2) is 10.7. The van der Waals surface area contributed by atoms with E-state index in [9.17, 15) is 14.0 Å². The third-order valence-corrected chi connectivity index (χ3v) is 5.87. The molecule has 4 rings (SSSR count). The molecule has 0 aromatic heterocycles. The predicted octanol–water partition coefficient (Wildman–Crippen LogP) is 4.63. The summed E-state index contributed by atoms with van der Waals surface area (Å²) >= 11 is 6.26. The number of rotatable bonds is 8. The van der Waals surface area contributed by atoms with Crippen LogP contribution in [0.25, 0.3) is 0 Å². The molecule has 3 aromatic rings. The zero-order valence-electron chi connectivity index (χ0n) is 18.2. The number of hydrogen-bond donors (Lipinski definition) is 1. The number of nitrogens with zero attached hydrogens (tertiary/aromatic N) is 1. The van der Waals surface area contributed by atoms with E-state index in [0.717, 1.165) is 5.56 Å². The second-order valence-electron chi connectivity index (χ2n) is 7.89. The Balaban J connectivity index is 1.66. The van der Waals surface area contributed by atoms with Gasteiger partial charge in [0.15, 0.2) is 6.61 Å². The Bertz CT molecular complexity index is 1190. The number of hydrogen-bond acceptors (Lipinski definition) is 4. The van der Waals surface area contributed by atoms with Gasteiger partial charge in [-0.1, -0.05) is 54.1 Å². The van der Waals surface area contributed by atoms with Gasteiger partial charge in [-0.15, -0.1) is 0 Å². The summed E-state index contributed by atoms with van der Waals surface area (Å²) < 4.78 is 25.8. The Kier molecular flexibility index (Phi) is 7.45. The molecule has 176 valence electrons. The van der Waals surface area contributed by atoms with Crippen LogP contribution in [0.3, 0.4) is 0 Å². The van der Waals surface area contributed by atoms with Crippen molar-refractivity contribution in [3.05, 3.63) is 99.8 Å². The molecule has 0 fully saturated rings. The third-order valence-electron chi connectivity index (χ3n) is 5.64. The molecule has 1 aliphatic rings. The van der Waals surface area contributed by atoms with Gasteiger partial charge >= 0.3 is 5.97 Å². The lowest BCUT2D eigenvalue weighted by Gasteiger charge is -2.38. The Hall–Kier alpha value is -3.42. The van der Waals surface area contributed by atoms with Crippen molar-refractivity contribution < 1.29 is 28.6 Å². The molecule has 8 heteroatoms. The smallest absolute Gasteiger partial charge is 0.341 e. The van der Waals surface area contributed by atoms with E-state index in [1.54, 1.807) is 35.2 Å². The molecule has 0 aliphatic carbocycles. The highest BCUT2D eigenvalue weighted by molar-refractivity contribution is 6.30. The lowest BCUT2D eigenvalue weighted by Crippen LogP contribution is -2.42. The molecule has 3 aromatic carbocycles. The summed E-state index contributed by atoms with van der Waals surface area (Å²) in [6.07, 6.45) is 0.342. The van der Waals surface area contributed by atoms with Gasteiger partial charge in [-0.3, -0.25) is 4.79 Å². The minimum absolute atomic E-state index is 0.165. The summed E-state index contributed by atoms with van der Waals surface area (Å²) in [4.78, 5) is 26.0. The molecular weight excluding hydrogens is 461 g/mol. The van der Waals surface area contributed by atoms with Crippen molar-refractivity contribution in [2.75, 3.05) is 19.8 Å². The lowest BCUT2D eigenvalue weighted by atomic mass is 9.87. The molecule has 0 spiro atoms. The van der Waals surface area contributed by atoms with Crippen molar-refractivity contribution in [3.63, 3.8) is 0 Å². The highest BCUT2D eigenvalue weighted by Crippen LogP contribution is 2.41. The Morgan fingerprint density at radius 1 is 1.03 bits per heavy atom. The molecule has 1 amide bonds. The van der Waals surface area contributed by atoms with Crippen LogP contribution < -0.4 is 4.74 Å². The Morgan fingerprint density at radius 2 is 1.82 bits per heavy atom. The van der Waals surface area contributed by atoms with Gasteiger partial charge in [0.25, 0.3) is 0 Å². The van der Waals surface area contributed by atoms with Crippen molar-refractivity contribution >= 4 is 23.5 Å². The number of amides is 1. The molecule has 0 saturated carbocycles. The van der Waals surface area contributed by atoms with Crippen molar-refractivity contribution in [1.82, 2.24) is 4.90 Å². The summed E-state index contributed by atoms with van der Waals surface area (Å²) in [5, 5.41) is 9.46. The van der Waals surface area contributed by atoms with Crippen LogP contribution in [-0.2, 0) is 27.4 Å². The highest BCUT2D eigenvalue weighted by atomic mass is 35.5. The molecule has 0 radical (unpaired) electrons. The second-order valence-corrected chi connectivity index (χ2v) is 8.33. The summed E-state index contributed by atoms with van der Waals surface area (Å²) in [5.41, 5.74) is 2.53. The summed E-state index contributed by atoms with van der Waals surface area (Å²) in [6.45, 7) is -0.190. The number of carbonyl (C=O) groups is 2.